The van der Waals surface area contributed by atoms with Crippen molar-refractivity contribution in [3.8, 4) is 26.8 Å². The Morgan fingerprint density at radius 3 is 2.72 bits per heavy atom. The Labute approximate surface area is 151 Å². The van der Waals surface area contributed by atoms with Crippen molar-refractivity contribution >= 4 is 11.3 Å². The number of nitrogens with zero attached hydrogens (tertiary/aromatic N) is 1. The number of aliphatic hydroxyl groups is 1. The average molecular weight is 351 g/mol. The van der Waals surface area contributed by atoms with Gasteiger partial charge in [0.1, 0.15) is 10.8 Å². The second kappa shape index (κ2) is 6.62. The number of hydrogen-bond acceptors (Lipinski definition) is 4. The van der Waals surface area contributed by atoms with Gasteiger partial charge in [0.2, 0.25) is 0 Å². The number of rotatable bonds is 4. The highest BCUT2D eigenvalue weighted by Crippen LogP contribution is 2.40. The first-order valence-electron chi connectivity index (χ1n) is 8.65. The van der Waals surface area contributed by atoms with Crippen LogP contribution in [0, 0.1) is 0 Å². The molecular weight excluding hydrogens is 330 g/mol. The van der Waals surface area contributed by atoms with Gasteiger partial charge in [0, 0.05) is 11.8 Å². The number of ether oxygens (including phenoxy) is 1. The molecular formula is C21H21NO2S. The van der Waals surface area contributed by atoms with Crippen molar-refractivity contribution in [2.45, 2.75) is 38.9 Å². The van der Waals surface area contributed by atoms with Crippen LogP contribution in [0.3, 0.4) is 0 Å². The van der Waals surface area contributed by atoms with Gasteiger partial charge in [-0.05, 0) is 67.6 Å². The zero-order chi connectivity index (χ0) is 17.4. The van der Waals surface area contributed by atoms with Crippen LogP contribution in [0.15, 0.2) is 48.7 Å². The molecule has 1 atom stereocenters. The Morgan fingerprint density at radius 2 is 1.96 bits per heavy atom. The van der Waals surface area contributed by atoms with Gasteiger partial charge in [-0.15, -0.1) is 11.3 Å². The number of thiazole rings is 1. The lowest BCUT2D eigenvalue weighted by Gasteiger charge is -2.09. The zero-order valence-corrected chi connectivity index (χ0v) is 15.2. The summed E-state index contributed by atoms with van der Waals surface area (Å²) < 4.78 is 5.70. The van der Waals surface area contributed by atoms with Crippen molar-refractivity contribution in [3.05, 3.63) is 59.8 Å². The van der Waals surface area contributed by atoms with E-state index in [1.165, 1.54) is 5.56 Å². The van der Waals surface area contributed by atoms with Crippen LogP contribution in [-0.2, 0) is 6.42 Å². The number of hydrogen-bond donors (Lipinski definition) is 1. The van der Waals surface area contributed by atoms with Crippen LogP contribution in [0.25, 0.3) is 21.0 Å². The molecule has 25 heavy (non-hydrogen) atoms. The van der Waals surface area contributed by atoms with Crippen LogP contribution in [-0.4, -0.2) is 16.2 Å². The zero-order valence-electron chi connectivity index (χ0n) is 14.4. The summed E-state index contributed by atoms with van der Waals surface area (Å²) in [6.07, 6.45) is 3.51. The molecule has 0 bridgehead atoms. The second-order valence-corrected chi connectivity index (χ2v) is 7.68. The third-order valence-electron chi connectivity index (χ3n) is 4.49. The van der Waals surface area contributed by atoms with E-state index in [4.69, 9.17) is 4.74 Å². The fourth-order valence-corrected chi connectivity index (χ4v) is 4.31. The van der Waals surface area contributed by atoms with E-state index >= 15 is 0 Å². The van der Waals surface area contributed by atoms with Crippen molar-refractivity contribution in [3.63, 3.8) is 0 Å². The summed E-state index contributed by atoms with van der Waals surface area (Å²) in [4.78, 5) is 5.78. The highest BCUT2D eigenvalue weighted by atomic mass is 32.1. The predicted molar refractivity (Wildman–Crippen MR) is 102 cm³/mol. The minimum absolute atomic E-state index is 0.177. The van der Waals surface area contributed by atoms with Gasteiger partial charge in [-0.2, -0.15) is 0 Å². The van der Waals surface area contributed by atoms with Gasteiger partial charge in [0.25, 0.3) is 0 Å². The first-order valence-corrected chi connectivity index (χ1v) is 9.46. The first kappa shape index (κ1) is 16.3. The standard InChI is InChI=1S/C21H21NO2S/c1-13(2)24-15-8-6-14(7-9-15)20-12-22-21(25-20)18-5-3-4-17-16(18)10-11-19(17)23/h3-9,12-13,19,23H,10-11H2,1-2H3. The van der Waals surface area contributed by atoms with Gasteiger partial charge < -0.3 is 9.84 Å². The van der Waals surface area contributed by atoms with Gasteiger partial charge in [-0.3, -0.25) is 0 Å². The molecule has 0 radical (unpaired) electrons. The number of fused-ring (bicyclic) bond motifs is 1. The molecule has 1 unspecified atom stereocenters. The van der Waals surface area contributed by atoms with E-state index in [0.717, 1.165) is 45.2 Å². The average Bonchev–Trinajstić information content (AvgIpc) is 3.23. The fraction of sp³-hybridized carbons (Fsp3) is 0.286. The van der Waals surface area contributed by atoms with Crippen molar-refractivity contribution in [1.82, 2.24) is 4.98 Å². The molecule has 4 heteroatoms. The maximum Gasteiger partial charge on any atom is 0.124 e. The third-order valence-corrected chi connectivity index (χ3v) is 5.57. The molecule has 0 saturated carbocycles. The number of aromatic nitrogens is 1. The molecule has 0 spiro atoms. The van der Waals surface area contributed by atoms with E-state index < -0.39 is 0 Å². The molecule has 128 valence electrons. The summed E-state index contributed by atoms with van der Waals surface area (Å²) >= 11 is 1.69. The Hall–Kier alpha value is -2.17. The van der Waals surface area contributed by atoms with Crippen LogP contribution in [0.5, 0.6) is 5.75 Å². The lowest BCUT2D eigenvalue weighted by atomic mass is 10.0. The summed E-state index contributed by atoms with van der Waals surface area (Å²) in [5.74, 6) is 0.887. The topological polar surface area (TPSA) is 42.4 Å². The van der Waals surface area contributed by atoms with Crippen LogP contribution < -0.4 is 4.74 Å². The van der Waals surface area contributed by atoms with E-state index in [-0.39, 0.29) is 12.2 Å². The van der Waals surface area contributed by atoms with E-state index in [0.29, 0.717) is 0 Å². The highest BCUT2D eigenvalue weighted by molar-refractivity contribution is 7.18. The summed E-state index contributed by atoms with van der Waals surface area (Å²) in [5.41, 5.74) is 4.61. The van der Waals surface area contributed by atoms with Gasteiger partial charge in [0.15, 0.2) is 0 Å². The molecule has 3 aromatic rings. The molecule has 3 nitrogen and oxygen atoms in total. The van der Waals surface area contributed by atoms with Gasteiger partial charge in [-0.1, -0.05) is 18.2 Å². The molecule has 0 aliphatic heterocycles. The quantitative estimate of drug-likeness (QED) is 0.698. The van der Waals surface area contributed by atoms with Gasteiger partial charge in [-0.25, -0.2) is 4.98 Å². The molecule has 2 aromatic carbocycles. The largest absolute Gasteiger partial charge is 0.491 e. The Balaban J connectivity index is 1.63. The monoisotopic (exact) mass is 351 g/mol. The molecule has 1 aliphatic rings. The maximum atomic E-state index is 10.1. The van der Waals surface area contributed by atoms with E-state index in [1.54, 1.807) is 11.3 Å². The van der Waals surface area contributed by atoms with Crippen LogP contribution in [0.1, 0.15) is 37.5 Å². The highest BCUT2D eigenvalue weighted by Gasteiger charge is 2.24. The normalized spacial score (nSPS) is 16.2. The Bertz CT molecular complexity index is 883. The van der Waals surface area contributed by atoms with Crippen LogP contribution in [0.4, 0.5) is 0 Å². The molecule has 0 saturated heterocycles. The summed E-state index contributed by atoms with van der Waals surface area (Å²) in [5, 5.41) is 11.1. The molecule has 1 aromatic heterocycles. The summed E-state index contributed by atoms with van der Waals surface area (Å²) in [6, 6.07) is 14.3. The lowest BCUT2D eigenvalue weighted by Crippen LogP contribution is -2.04. The molecule has 1 N–H and O–H groups in total. The maximum absolute atomic E-state index is 10.1. The van der Waals surface area contributed by atoms with E-state index in [2.05, 4.69) is 23.2 Å². The molecule has 0 amide bonds. The van der Waals surface area contributed by atoms with Crippen LogP contribution >= 0.6 is 11.3 Å². The molecule has 1 aliphatic carbocycles. The van der Waals surface area contributed by atoms with Gasteiger partial charge >= 0.3 is 0 Å². The lowest BCUT2D eigenvalue weighted by molar-refractivity contribution is 0.180. The molecule has 0 fully saturated rings. The smallest absolute Gasteiger partial charge is 0.124 e. The SMILES string of the molecule is CC(C)Oc1ccc(-c2cnc(-c3cccc4c3CCC4O)s2)cc1. The van der Waals surface area contributed by atoms with Crippen molar-refractivity contribution in [1.29, 1.82) is 0 Å². The first-order chi connectivity index (χ1) is 12.1. The minimum atomic E-state index is -0.331. The van der Waals surface area contributed by atoms with Crippen molar-refractivity contribution in [2.24, 2.45) is 0 Å². The third kappa shape index (κ3) is 3.20. The summed E-state index contributed by atoms with van der Waals surface area (Å²) in [6.45, 7) is 4.05. The van der Waals surface area contributed by atoms with Crippen molar-refractivity contribution < 1.29 is 9.84 Å². The predicted octanol–water partition coefficient (Wildman–Crippen LogP) is 5.24. The fourth-order valence-electron chi connectivity index (χ4n) is 3.33. The molecule has 1 heterocycles. The Kier molecular flexibility index (Phi) is 4.32. The summed E-state index contributed by atoms with van der Waals surface area (Å²) in [7, 11) is 0. The number of benzene rings is 2. The minimum Gasteiger partial charge on any atom is -0.491 e. The van der Waals surface area contributed by atoms with Crippen molar-refractivity contribution in [2.75, 3.05) is 0 Å². The van der Waals surface area contributed by atoms with E-state index in [1.807, 2.05) is 44.3 Å². The van der Waals surface area contributed by atoms with E-state index in [9.17, 15) is 5.11 Å². The molecule has 4 rings (SSSR count). The van der Waals surface area contributed by atoms with Crippen LogP contribution in [0.2, 0.25) is 0 Å². The number of aliphatic hydroxyl groups excluding tert-OH is 1. The second-order valence-electron chi connectivity index (χ2n) is 6.65. The Morgan fingerprint density at radius 1 is 1.16 bits per heavy atom. The van der Waals surface area contributed by atoms with Gasteiger partial charge in [0.05, 0.1) is 17.1 Å².